The molecule has 3 aromatic rings. The lowest BCUT2D eigenvalue weighted by Crippen LogP contribution is -2.32. The summed E-state index contributed by atoms with van der Waals surface area (Å²) in [7, 11) is -4.34. The summed E-state index contributed by atoms with van der Waals surface area (Å²) in [5, 5.41) is 1.88. The van der Waals surface area contributed by atoms with Crippen LogP contribution in [0.5, 0.6) is 0 Å². The molecule has 2 amide bonds. The molecule has 0 N–H and O–H groups in total. The maximum absolute atomic E-state index is 12.6. The fraction of sp³-hybridized carbons (Fsp3) is 0.0526. The largest absolute Gasteiger partial charge is 0.318 e. The molecule has 3 aromatic carbocycles. The van der Waals surface area contributed by atoms with E-state index < -0.39 is 21.9 Å². The molecule has 1 aliphatic rings. The van der Waals surface area contributed by atoms with Crippen LogP contribution in [0.4, 0.5) is 0 Å². The van der Waals surface area contributed by atoms with Crippen molar-refractivity contribution in [2.24, 2.45) is 0 Å². The van der Waals surface area contributed by atoms with Gasteiger partial charge in [-0.2, -0.15) is 8.42 Å². The Morgan fingerprint density at radius 2 is 1.38 bits per heavy atom. The molecule has 0 atom stereocenters. The van der Waals surface area contributed by atoms with Gasteiger partial charge >= 0.3 is 10.1 Å². The van der Waals surface area contributed by atoms with Crippen LogP contribution in [0.25, 0.3) is 10.8 Å². The zero-order valence-electron chi connectivity index (χ0n) is 13.7. The van der Waals surface area contributed by atoms with Gasteiger partial charge in [0.15, 0.2) is 0 Å². The van der Waals surface area contributed by atoms with Gasteiger partial charge in [0.1, 0.15) is 0 Å². The fourth-order valence-corrected chi connectivity index (χ4v) is 3.80. The van der Waals surface area contributed by atoms with Crippen molar-refractivity contribution in [3.05, 3.63) is 77.4 Å². The summed E-state index contributed by atoms with van der Waals surface area (Å²) in [5.41, 5.74) is 1.28. The molecule has 0 aromatic heterocycles. The number of benzene rings is 3. The number of aryl methyl sites for hydroxylation is 1. The molecule has 0 saturated heterocycles. The van der Waals surface area contributed by atoms with E-state index in [0.717, 1.165) is 10.9 Å². The Labute approximate surface area is 149 Å². The van der Waals surface area contributed by atoms with Gasteiger partial charge in [-0.15, -0.1) is 9.35 Å². The predicted octanol–water partition coefficient (Wildman–Crippen LogP) is 3.06. The highest BCUT2D eigenvalue weighted by atomic mass is 32.2. The van der Waals surface area contributed by atoms with E-state index in [1.165, 1.54) is 24.3 Å². The standard InChI is InChI=1S/C19H13NO5S/c1-12-6-7-14-11-15(9-8-13(14)10-12)26(23,24)25-20-18(21)16-4-2-3-5-17(16)19(20)22/h2-11H,1H3. The average Bonchev–Trinajstić information content (AvgIpc) is 2.86. The molecule has 0 radical (unpaired) electrons. The molecule has 4 rings (SSSR count). The molecule has 26 heavy (non-hydrogen) atoms. The van der Waals surface area contributed by atoms with Gasteiger partial charge in [0.05, 0.1) is 16.0 Å². The van der Waals surface area contributed by atoms with E-state index in [9.17, 15) is 18.0 Å². The first kappa shape index (κ1) is 16.4. The summed E-state index contributed by atoms with van der Waals surface area (Å²) in [5.74, 6) is -1.60. The van der Waals surface area contributed by atoms with Crippen molar-refractivity contribution in [1.82, 2.24) is 5.06 Å². The number of rotatable bonds is 3. The van der Waals surface area contributed by atoms with Crippen molar-refractivity contribution < 1.29 is 22.3 Å². The van der Waals surface area contributed by atoms with Gasteiger partial charge in [-0.05, 0) is 42.0 Å². The average molecular weight is 367 g/mol. The summed E-state index contributed by atoms with van der Waals surface area (Å²) in [6.45, 7) is 1.94. The van der Waals surface area contributed by atoms with Crippen molar-refractivity contribution >= 4 is 32.7 Å². The first-order valence-corrected chi connectivity index (χ1v) is 9.20. The normalized spacial score (nSPS) is 14.1. The summed E-state index contributed by atoms with van der Waals surface area (Å²) in [4.78, 5) is 24.4. The van der Waals surface area contributed by atoms with E-state index in [1.807, 2.05) is 19.1 Å². The third kappa shape index (κ3) is 2.58. The van der Waals surface area contributed by atoms with Crippen molar-refractivity contribution in [2.45, 2.75) is 11.8 Å². The van der Waals surface area contributed by atoms with Crippen molar-refractivity contribution in [1.29, 1.82) is 0 Å². The Morgan fingerprint density at radius 3 is 2.04 bits per heavy atom. The van der Waals surface area contributed by atoms with E-state index in [-0.39, 0.29) is 16.0 Å². The van der Waals surface area contributed by atoms with Gasteiger partial charge in [-0.25, -0.2) is 0 Å². The van der Waals surface area contributed by atoms with Gasteiger partial charge < -0.3 is 0 Å². The Kier molecular flexibility index (Phi) is 3.64. The Bertz CT molecular complexity index is 1150. The molecule has 6 nitrogen and oxygen atoms in total. The number of fused-ring (bicyclic) bond motifs is 2. The smallest absolute Gasteiger partial charge is 0.266 e. The minimum absolute atomic E-state index is 0.113. The molecule has 130 valence electrons. The minimum Gasteiger partial charge on any atom is -0.266 e. The Hall–Kier alpha value is -3.03. The van der Waals surface area contributed by atoms with E-state index in [4.69, 9.17) is 4.28 Å². The lowest BCUT2D eigenvalue weighted by Gasteiger charge is -2.13. The summed E-state index contributed by atoms with van der Waals surface area (Å²) in [6.07, 6.45) is 0. The molecule has 0 fully saturated rings. The van der Waals surface area contributed by atoms with Crippen LogP contribution in [0.1, 0.15) is 26.3 Å². The topological polar surface area (TPSA) is 80.8 Å². The van der Waals surface area contributed by atoms with Crippen LogP contribution in [0, 0.1) is 6.92 Å². The molecule has 0 saturated carbocycles. The highest BCUT2D eigenvalue weighted by Crippen LogP contribution is 2.27. The van der Waals surface area contributed by atoms with Crippen LogP contribution in [-0.2, 0) is 14.4 Å². The molecule has 0 bridgehead atoms. The van der Waals surface area contributed by atoms with Gasteiger partial charge in [0.25, 0.3) is 11.8 Å². The summed E-state index contributed by atoms with van der Waals surface area (Å²) in [6, 6.07) is 16.2. The number of nitrogens with zero attached hydrogens (tertiary/aromatic N) is 1. The molecular formula is C19H13NO5S. The maximum atomic E-state index is 12.6. The summed E-state index contributed by atoms with van der Waals surface area (Å²) >= 11 is 0. The first-order valence-electron chi connectivity index (χ1n) is 7.80. The number of hydrogen-bond donors (Lipinski definition) is 0. The molecule has 1 aliphatic heterocycles. The molecular weight excluding hydrogens is 354 g/mol. The van der Waals surface area contributed by atoms with Crippen molar-refractivity contribution in [3.8, 4) is 0 Å². The number of hydrogen-bond acceptors (Lipinski definition) is 5. The summed E-state index contributed by atoms with van der Waals surface area (Å²) < 4.78 is 30.0. The van der Waals surface area contributed by atoms with Crippen LogP contribution in [0.15, 0.2) is 65.6 Å². The fourth-order valence-electron chi connectivity index (χ4n) is 2.87. The second kappa shape index (κ2) is 5.76. The van der Waals surface area contributed by atoms with Crippen LogP contribution in [0.2, 0.25) is 0 Å². The van der Waals surface area contributed by atoms with Crippen LogP contribution >= 0.6 is 0 Å². The van der Waals surface area contributed by atoms with E-state index >= 15 is 0 Å². The number of amides is 2. The van der Waals surface area contributed by atoms with Gasteiger partial charge in [-0.1, -0.05) is 42.0 Å². The second-order valence-corrected chi connectivity index (χ2v) is 7.52. The monoisotopic (exact) mass is 367 g/mol. The highest BCUT2D eigenvalue weighted by molar-refractivity contribution is 7.86. The van der Waals surface area contributed by atoms with Gasteiger partial charge in [-0.3, -0.25) is 9.59 Å². The third-order valence-corrected chi connectivity index (χ3v) is 5.36. The molecule has 0 aliphatic carbocycles. The maximum Gasteiger partial charge on any atom is 0.318 e. The molecule has 7 heteroatoms. The van der Waals surface area contributed by atoms with Crippen LogP contribution < -0.4 is 0 Å². The molecule has 1 heterocycles. The Morgan fingerprint density at radius 1 is 0.808 bits per heavy atom. The van der Waals surface area contributed by atoms with E-state index in [1.54, 1.807) is 24.3 Å². The second-order valence-electron chi connectivity index (χ2n) is 5.99. The zero-order chi connectivity index (χ0) is 18.5. The van der Waals surface area contributed by atoms with Gasteiger partial charge in [0, 0.05) is 0 Å². The number of carbonyl (C=O) groups excluding carboxylic acids is 2. The van der Waals surface area contributed by atoms with Gasteiger partial charge in [0.2, 0.25) is 0 Å². The SMILES string of the molecule is Cc1ccc2cc(S(=O)(=O)ON3C(=O)c4ccccc4C3=O)ccc2c1. The number of carbonyl (C=O) groups is 2. The lowest BCUT2D eigenvalue weighted by molar-refractivity contribution is -0.0103. The van der Waals surface area contributed by atoms with Crippen LogP contribution in [-0.4, -0.2) is 25.3 Å². The number of hydroxylamine groups is 2. The first-order chi connectivity index (χ1) is 12.4. The number of imide groups is 1. The minimum atomic E-state index is -4.34. The lowest BCUT2D eigenvalue weighted by atomic mass is 10.1. The van der Waals surface area contributed by atoms with Crippen LogP contribution in [0.3, 0.4) is 0 Å². The third-order valence-electron chi connectivity index (χ3n) is 4.19. The molecule has 0 spiro atoms. The Balaban J connectivity index is 1.69. The zero-order valence-corrected chi connectivity index (χ0v) is 14.5. The highest BCUT2D eigenvalue weighted by Gasteiger charge is 2.40. The van der Waals surface area contributed by atoms with Crippen molar-refractivity contribution in [3.63, 3.8) is 0 Å². The quantitative estimate of drug-likeness (QED) is 0.665. The molecule has 0 unspecified atom stereocenters. The predicted molar refractivity (Wildman–Crippen MR) is 93.9 cm³/mol. The van der Waals surface area contributed by atoms with Crippen molar-refractivity contribution in [2.75, 3.05) is 0 Å². The van der Waals surface area contributed by atoms with E-state index in [2.05, 4.69) is 0 Å². The van der Waals surface area contributed by atoms with E-state index in [0.29, 0.717) is 10.4 Å².